The van der Waals surface area contributed by atoms with Crippen LogP contribution in [0.2, 0.25) is 0 Å². The van der Waals surface area contributed by atoms with Gasteiger partial charge in [-0.1, -0.05) is 60.7 Å². The largest absolute Gasteiger partial charge is 0.370 e. The van der Waals surface area contributed by atoms with Crippen molar-refractivity contribution < 1.29 is 9.72 Å². The van der Waals surface area contributed by atoms with Gasteiger partial charge in [-0.15, -0.1) is 0 Å². The minimum atomic E-state index is -2.85. The molecule has 2 aliphatic rings. The van der Waals surface area contributed by atoms with E-state index in [2.05, 4.69) is 11.0 Å². The minimum absolute atomic E-state index is 0.0724. The number of nitro groups is 1. The first kappa shape index (κ1) is 23.5. The number of ketones is 1. The Hall–Kier alpha value is -4.20. The second-order valence-electron chi connectivity index (χ2n) is 8.73. The quantitative estimate of drug-likeness (QED) is 0.208. The Morgan fingerprint density at radius 2 is 1.42 bits per heavy atom. The van der Waals surface area contributed by atoms with E-state index < -0.39 is 11.8 Å². The fraction of sp³-hybridized carbons (Fsp3) is 0.138. The number of nitrogens with zero attached hydrogens (tertiary/aromatic N) is 3. The van der Waals surface area contributed by atoms with Crippen molar-refractivity contribution in [3.05, 3.63) is 124 Å². The van der Waals surface area contributed by atoms with E-state index in [0.717, 1.165) is 42.2 Å². The van der Waals surface area contributed by atoms with Crippen LogP contribution in [0.25, 0.3) is 0 Å². The number of allylic oxidation sites excluding steroid dienone is 3. The average Bonchev–Trinajstić information content (AvgIpc) is 3.47. The average molecular weight is 494 g/mol. The van der Waals surface area contributed by atoms with E-state index in [1.165, 1.54) is 24.3 Å². The molecule has 0 N–H and O–H groups in total. The van der Waals surface area contributed by atoms with Crippen molar-refractivity contribution in [2.75, 3.05) is 13.1 Å². The molecule has 0 atom stereocenters. The summed E-state index contributed by atoms with van der Waals surface area (Å²) in [6, 6.07) is 27.9. The molecule has 0 radical (unpaired) electrons. The van der Waals surface area contributed by atoms with Gasteiger partial charge in [0.05, 0.1) is 15.9 Å². The van der Waals surface area contributed by atoms with Crippen molar-refractivity contribution in [2.45, 2.75) is 12.8 Å². The first-order valence-corrected chi connectivity index (χ1v) is 13.6. The fourth-order valence-electron chi connectivity index (χ4n) is 5.09. The van der Waals surface area contributed by atoms with Crippen LogP contribution in [0.5, 0.6) is 0 Å². The predicted octanol–water partition coefficient (Wildman–Crippen LogP) is 5.02. The molecule has 3 aromatic carbocycles. The third-order valence-corrected chi connectivity index (χ3v) is 11.0. The molecule has 178 valence electrons. The van der Waals surface area contributed by atoms with Crippen molar-refractivity contribution in [1.29, 1.82) is 5.26 Å². The summed E-state index contributed by atoms with van der Waals surface area (Å²) >= 11 is 0. The van der Waals surface area contributed by atoms with Gasteiger partial charge in [-0.25, -0.2) is 0 Å². The summed E-state index contributed by atoms with van der Waals surface area (Å²) in [5.74, 6) is -0.226. The smallest absolute Gasteiger partial charge is 0.269 e. The van der Waals surface area contributed by atoms with Crippen molar-refractivity contribution >= 4 is 34.3 Å². The van der Waals surface area contributed by atoms with Crippen LogP contribution in [0.3, 0.4) is 0 Å². The molecular formula is C29H24N3O3P. The molecule has 7 heteroatoms. The summed E-state index contributed by atoms with van der Waals surface area (Å²) in [4.78, 5) is 27.1. The summed E-state index contributed by atoms with van der Waals surface area (Å²) < 4.78 is 0. The molecule has 0 bridgehead atoms. The molecular weight excluding hydrogens is 469 g/mol. The van der Waals surface area contributed by atoms with Gasteiger partial charge in [-0.3, -0.25) is 14.9 Å². The van der Waals surface area contributed by atoms with E-state index >= 15 is 0 Å². The van der Waals surface area contributed by atoms with Gasteiger partial charge >= 0.3 is 0 Å². The van der Waals surface area contributed by atoms with Gasteiger partial charge in [-0.05, 0) is 47.7 Å². The number of likely N-dealkylation sites (tertiary alicyclic amines) is 1. The number of hydrogen-bond acceptors (Lipinski definition) is 5. The van der Waals surface area contributed by atoms with Gasteiger partial charge in [0.1, 0.15) is 6.07 Å². The zero-order valence-corrected chi connectivity index (χ0v) is 20.5. The normalized spacial score (nSPS) is 16.6. The molecule has 0 unspecified atom stereocenters. The third-order valence-electron chi connectivity index (χ3n) is 6.75. The number of non-ortho nitro benzene ring substituents is 1. The zero-order chi connectivity index (χ0) is 25.1. The summed E-state index contributed by atoms with van der Waals surface area (Å²) in [6.45, 7) is -1.10. The van der Waals surface area contributed by atoms with Crippen LogP contribution in [0.1, 0.15) is 23.2 Å². The highest BCUT2D eigenvalue weighted by atomic mass is 31.2. The molecule has 2 heterocycles. The topological polar surface area (TPSA) is 87.2 Å². The standard InChI is InChI=1S/C29H24N3O3P/c30-21-28-26(31-19-7-8-20-31)17-18-27(29(33)22-13-15-23(16-14-22)32(34)35)36(28,24-9-3-1-4-10-24)25-11-5-2-6-12-25/h1-6,9-18H,7-8,19-20H2. The number of benzene rings is 3. The number of carbonyl (C=O) groups excluding carboxylic acids is 1. The maximum absolute atomic E-state index is 14.2. The van der Waals surface area contributed by atoms with Crippen LogP contribution in [0.15, 0.2) is 108 Å². The number of carbonyl (C=O) groups is 1. The molecule has 2 aliphatic heterocycles. The van der Waals surface area contributed by atoms with Crippen molar-refractivity contribution in [1.82, 2.24) is 4.90 Å². The summed E-state index contributed by atoms with van der Waals surface area (Å²) in [6.07, 6.45) is 5.92. The van der Waals surface area contributed by atoms with E-state index in [0.29, 0.717) is 16.2 Å². The lowest BCUT2D eigenvalue weighted by atomic mass is 10.1. The lowest BCUT2D eigenvalue weighted by molar-refractivity contribution is -0.384. The molecule has 36 heavy (non-hydrogen) atoms. The van der Waals surface area contributed by atoms with Crippen LogP contribution in [0.4, 0.5) is 5.69 Å². The highest BCUT2D eigenvalue weighted by molar-refractivity contribution is 7.94. The molecule has 0 amide bonds. The van der Waals surface area contributed by atoms with Crippen LogP contribution in [0, 0.1) is 21.4 Å². The van der Waals surface area contributed by atoms with Crippen molar-refractivity contribution in [3.63, 3.8) is 0 Å². The Bertz CT molecular complexity index is 1430. The van der Waals surface area contributed by atoms with Crippen LogP contribution < -0.4 is 10.6 Å². The van der Waals surface area contributed by atoms with E-state index in [1.807, 2.05) is 72.8 Å². The molecule has 1 fully saturated rings. The Morgan fingerprint density at radius 1 is 0.861 bits per heavy atom. The van der Waals surface area contributed by atoms with Crippen LogP contribution >= 0.6 is 6.89 Å². The van der Waals surface area contributed by atoms with Gasteiger partial charge in [-0.2, -0.15) is 5.26 Å². The number of nitro benzene ring substituents is 1. The van der Waals surface area contributed by atoms with Gasteiger partial charge in [0.25, 0.3) is 5.69 Å². The first-order chi connectivity index (χ1) is 17.6. The lowest BCUT2D eigenvalue weighted by Gasteiger charge is -2.35. The first-order valence-electron chi connectivity index (χ1n) is 11.8. The summed E-state index contributed by atoms with van der Waals surface area (Å²) in [7, 11) is 0. The fourth-order valence-corrected chi connectivity index (χ4v) is 9.38. The second-order valence-corrected chi connectivity index (χ2v) is 12.0. The molecule has 1 saturated heterocycles. The van der Waals surface area contributed by atoms with E-state index in [1.54, 1.807) is 0 Å². The number of rotatable bonds is 6. The van der Waals surface area contributed by atoms with E-state index in [4.69, 9.17) is 0 Å². The summed E-state index contributed by atoms with van der Waals surface area (Å²) in [5, 5.41) is 24.9. The molecule has 0 aliphatic carbocycles. The molecule has 6 nitrogen and oxygen atoms in total. The minimum Gasteiger partial charge on any atom is -0.370 e. The van der Waals surface area contributed by atoms with Gasteiger partial charge < -0.3 is 4.90 Å². The van der Waals surface area contributed by atoms with Gasteiger partial charge in [0, 0.05) is 43.0 Å². The predicted molar refractivity (Wildman–Crippen MR) is 144 cm³/mol. The molecule has 0 spiro atoms. The molecule has 0 saturated carbocycles. The molecule has 3 aromatic rings. The SMILES string of the molecule is N#CC1=C(N2CCCC2)C=CC(C(=O)c2ccc([N+](=O)[O-])cc2)=P1(c1ccccc1)c1ccccc1. The highest BCUT2D eigenvalue weighted by Gasteiger charge is 2.39. The van der Waals surface area contributed by atoms with Gasteiger partial charge in [0.15, 0.2) is 5.78 Å². The number of Topliss-reactive ketones (excluding diaryl/α,β-unsaturated/α-hetero) is 1. The zero-order valence-electron chi connectivity index (χ0n) is 19.6. The maximum Gasteiger partial charge on any atom is 0.269 e. The number of nitriles is 1. The van der Waals surface area contributed by atoms with Crippen molar-refractivity contribution in [3.8, 4) is 6.07 Å². The van der Waals surface area contributed by atoms with Crippen molar-refractivity contribution in [2.24, 2.45) is 0 Å². The lowest BCUT2D eigenvalue weighted by Crippen LogP contribution is -2.31. The van der Waals surface area contributed by atoms with E-state index in [-0.39, 0.29) is 11.5 Å². The number of hydrogen-bond donors (Lipinski definition) is 0. The Labute approximate surface area is 209 Å². The Morgan fingerprint density at radius 3 is 1.92 bits per heavy atom. The Kier molecular flexibility index (Phi) is 6.41. The van der Waals surface area contributed by atoms with Crippen LogP contribution in [-0.2, 0) is 0 Å². The third kappa shape index (κ3) is 3.88. The van der Waals surface area contributed by atoms with E-state index in [9.17, 15) is 20.2 Å². The second kappa shape index (κ2) is 9.81. The Balaban J connectivity index is 1.88. The molecule has 0 aromatic heterocycles. The molecule has 5 rings (SSSR count). The maximum atomic E-state index is 14.2. The van der Waals surface area contributed by atoms with Gasteiger partial charge in [0.2, 0.25) is 0 Å². The highest BCUT2D eigenvalue weighted by Crippen LogP contribution is 2.58. The van der Waals surface area contributed by atoms with Crippen LogP contribution in [-0.4, -0.2) is 34.0 Å². The monoisotopic (exact) mass is 493 g/mol. The summed E-state index contributed by atoms with van der Waals surface area (Å²) in [5.41, 5.74) is 1.17.